The number of hydrogen-bond acceptors (Lipinski definition) is 3. The summed E-state index contributed by atoms with van der Waals surface area (Å²) in [6, 6.07) is 2.69. The van der Waals surface area contributed by atoms with E-state index in [1.165, 1.54) is 23.0 Å². The van der Waals surface area contributed by atoms with Crippen LogP contribution in [0, 0.1) is 12.7 Å². The zero-order valence-corrected chi connectivity index (χ0v) is 10.1. The van der Waals surface area contributed by atoms with E-state index >= 15 is 0 Å². The lowest BCUT2D eigenvalue weighted by Crippen LogP contribution is -2.14. The Hall–Kier alpha value is -2.37. The predicted molar refractivity (Wildman–Crippen MR) is 66.7 cm³/mol. The number of aryl methyl sites for hydroxylation is 1. The summed E-state index contributed by atoms with van der Waals surface area (Å²) in [6.45, 7) is 1.65. The summed E-state index contributed by atoms with van der Waals surface area (Å²) in [5, 5.41) is 6.38. The molecule has 2 aromatic rings. The summed E-state index contributed by atoms with van der Waals surface area (Å²) in [4.78, 5) is 11.9. The maximum absolute atomic E-state index is 13.6. The van der Waals surface area contributed by atoms with Gasteiger partial charge in [0.1, 0.15) is 5.82 Å². The molecule has 0 bridgehead atoms. The molecule has 18 heavy (non-hydrogen) atoms. The van der Waals surface area contributed by atoms with Gasteiger partial charge in [-0.3, -0.25) is 9.48 Å². The van der Waals surface area contributed by atoms with Crippen molar-refractivity contribution in [2.24, 2.45) is 7.05 Å². The molecule has 5 nitrogen and oxygen atoms in total. The topological polar surface area (TPSA) is 72.9 Å². The summed E-state index contributed by atoms with van der Waals surface area (Å²) in [6.07, 6.45) is 2.96. The minimum absolute atomic E-state index is 0.101. The second-order valence-corrected chi connectivity index (χ2v) is 3.99. The van der Waals surface area contributed by atoms with Crippen molar-refractivity contribution in [2.45, 2.75) is 6.92 Å². The highest BCUT2D eigenvalue weighted by atomic mass is 19.1. The molecule has 0 saturated carbocycles. The first kappa shape index (κ1) is 12.1. The number of nitrogen functional groups attached to an aromatic ring is 1. The maximum Gasteiger partial charge on any atom is 0.258 e. The van der Waals surface area contributed by atoms with Crippen LogP contribution in [0.5, 0.6) is 0 Å². The number of nitrogens with two attached hydrogens (primary N) is 1. The van der Waals surface area contributed by atoms with Crippen molar-refractivity contribution in [3.05, 3.63) is 41.5 Å². The van der Waals surface area contributed by atoms with E-state index in [2.05, 4.69) is 10.4 Å². The first-order valence-electron chi connectivity index (χ1n) is 5.33. The van der Waals surface area contributed by atoms with Crippen molar-refractivity contribution in [2.75, 3.05) is 11.1 Å². The summed E-state index contributed by atoms with van der Waals surface area (Å²) in [7, 11) is 1.70. The number of aromatic nitrogens is 2. The van der Waals surface area contributed by atoms with Gasteiger partial charge in [0.15, 0.2) is 0 Å². The molecule has 0 radical (unpaired) electrons. The number of halogens is 1. The van der Waals surface area contributed by atoms with Crippen LogP contribution in [0.1, 0.15) is 15.9 Å². The average Bonchev–Trinajstić information content (AvgIpc) is 2.76. The van der Waals surface area contributed by atoms with E-state index < -0.39 is 11.7 Å². The second-order valence-electron chi connectivity index (χ2n) is 3.99. The Morgan fingerprint density at radius 1 is 1.50 bits per heavy atom. The molecule has 0 unspecified atom stereocenters. The zero-order chi connectivity index (χ0) is 13.3. The van der Waals surface area contributed by atoms with Gasteiger partial charge in [-0.15, -0.1) is 0 Å². The lowest BCUT2D eigenvalue weighted by molar-refractivity contribution is 0.102. The van der Waals surface area contributed by atoms with Crippen LogP contribution >= 0.6 is 0 Å². The third-order valence-corrected chi connectivity index (χ3v) is 2.66. The zero-order valence-electron chi connectivity index (χ0n) is 10.1. The van der Waals surface area contributed by atoms with Crippen molar-refractivity contribution in [3.63, 3.8) is 0 Å². The van der Waals surface area contributed by atoms with Crippen molar-refractivity contribution in [3.8, 4) is 0 Å². The molecule has 1 aromatic carbocycles. The van der Waals surface area contributed by atoms with Crippen LogP contribution in [0.25, 0.3) is 0 Å². The van der Waals surface area contributed by atoms with Crippen LogP contribution in [-0.2, 0) is 7.05 Å². The highest BCUT2D eigenvalue weighted by molar-refractivity contribution is 6.04. The molecular weight excluding hydrogens is 235 g/mol. The van der Waals surface area contributed by atoms with E-state index in [1.54, 1.807) is 20.2 Å². The van der Waals surface area contributed by atoms with E-state index in [0.29, 0.717) is 16.8 Å². The molecule has 1 heterocycles. The van der Waals surface area contributed by atoms with E-state index in [-0.39, 0.29) is 5.69 Å². The number of carbonyl (C=O) groups is 1. The van der Waals surface area contributed by atoms with Gasteiger partial charge in [0.05, 0.1) is 17.4 Å². The van der Waals surface area contributed by atoms with Crippen LogP contribution in [0.15, 0.2) is 24.5 Å². The molecule has 3 N–H and O–H groups in total. The normalized spacial score (nSPS) is 10.4. The molecule has 94 valence electrons. The number of carbonyl (C=O) groups excluding carboxylic acids is 1. The minimum atomic E-state index is -0.515. The first-order chi connectivity index (χ1) is 8.49. The van der Waals surface area contributed by atoms with Crippen LogP contribution in [0.2, 0.25) is 0 Å². The third kappa shape index (κ3) is 2.17. The highest BCUT2D eigenvalue weighted by Gasteiger charge is 2.14. The lowest BCUT2D eigenvalue weighted by Gasteiger charge is -2.10. The molecule has 0 saturated heterocycles. The molecule has 0 spiro atoms. The standard InChI is InChI=1S/C12H13FN4O/c1-7-10(14)4-3-9(13)11(7)16-12(18)8-5-15-17(2)6-8/h3-6H,14H2,1-2H3,(H,16,18). The van der Waals surface area contributed by atoms with Gasteiger partial charge in [0.25, 0.3) is 5.91 Å². The first-order valence-corrected chi connectivity index (χ1v) is 5.33. The fourth-order valence-corrected chi connectivity index (χ4v) is 1.57. The number of amides is 1. The van der Waals surface area contributed by atoms with Gasteiger partial charge in [0, 0.05) is 18.9 Å². The van der Waals surface area contributed by atoms with Gasteiger partial charge in [-0.2, -0.15) is 5.10 Å². The molecule has 2 rings (SSSR count). The number of benzene rings is 1. The second kappa shape index (κ2) is 4.48. The number of nitrogens with zero attached hydrogens (tertiary/aromatic N) is 2. The van der Waals surface area contributed by atoms with Gasteiger partial charge in [0.2, 0.25) is 0 Å². The van der Waals surface area contributed by atoms with Crippen molar-refractivity contribution < 1.29 is 9.18 Å². The fraction of sp³-hybridized carbons (Fsp3) is 0.167. The van der Waals surface area contributed by atoms with E-state index in [4.69, 9.17) is 5.73 Å². The average molecular weight is 248 g/mol. The molecule has 1 amide bonds. The Morgan fingerprint density at radius 3 is 2.83 bits per heavy atom. The minimum Gasteiger partial charge on any atom is -0.398 e. The number of rotatable bonds is 2. The van der Waals surface area contributed by atoms with Gasteiger partial charge in [-0.05, 0) is 24.6 Å². The Kier molecular flexibility index (Phi) is 3.01. The number of hydrogen-bond donors (Lipinski definition) is 2. The predicted octanol–water partition coefficient (Wildman–Crippen LogP) is 1.70. The monoisotopic (exact) mass is 248 g/mol. The van der Waals surface area contributed by atoms with Crippen LogP contribution in [0.4, 0.5) is 15.8 Å². The third-order valence-electron chi connectivity index (χ3n) is 2.66. The lowest BCUT2D eigenvalue weighted by atomic mass is 10.1. The van der Waals surface area contributed by atoms with Crippen molar-refractivity contribution >= 4 is 17.3 Å². The molecule has 0 atom stereocenters. The SMILES string of the molecule is Cc1c(N)ccc(F)c1NC(=O)c1cnn(C)c1. The molecule has 0 fully saturated rings. The van der Waals surface area contributed by atoms with Gasteiger partial charge in [-0.1, -0.05) is 0 Å². The molecule has 0 aliphatic heterocycles. The van der Waals surface area contributed by atoms with Crippen molar-refractivity contribution in [1.82, 2.24) is 9.78 Å². The fourth-order valence-electron chi connectivity index (χ4n) is 1.57. The smallest absolute Gasteiger partial charge is 0.258 e. The van der Waals surface area contributed by atoms with Crippen LogP contribution < -0.4 is 11.1 Å². The number of anilines is 2. The molecule has 6 heteroatoms. The maximum atomic E-state index is 13.6. The molecule has 0 aliphatic carbocycles. The van der Waals surface area contributed by atoms with Gasteiger partial charge >= 0.3 is 0 Å². The van der Waals surface area contributed by atoms with Crippen LogP contribution in [-0.4, -0.2) is 15.7 Å². The summed E-state index contributed by atoms with van der Waals surface area (Å²) in [5.74, 6) is -0.936. The summed E-state index contributed by atoms with van der Waals surface area (Å²) in [5.41, 5.74) is 7.07. The Balaban J connectivity index is 2.30. The quantitative estimate of drug-likeness (QED) is 0.794. The Bertz CT molecular complexity index is 606. The van der Waals surface area contributed by atoms with Gasteiger partial charge < -0.3 is 11.1 Å². The molecule has 1 aromatic heterocycles. The largest absolute Gasteiger partial charge is 0.398 e. The Morgan fingerprint density at radius 2 is 2.22 bits per heavy atom. The summed E-state index contributed by atoms with van der Waals surface area (Å²) >= 11 is 0. The van der Waals surface area contributed by atoms with E-state index in [0.717, 1.165) is 0 Å². The molecular formula is C12H13FN4O. The van der Waals surface area contributed by atoms with Crippen molar-refractivity contribution in [1.29, 1.82) is 0 Å². The molecule has 0 aliphatic rings. The van der Waals surface area contributed by atoms with Gasteiger partial charge in [-0.25, -0.2) is 4.39 Å². The van der Waals surface area contributed by atoms with E-state index in [1.807, 2.05) is 0 Å². The summed E-state index contributed by atoms with van der Waals surface area (Å²) < 4.78 is 15.1. The Labute approximate surface area is 103 Å². The van der Waals surface area contributed by atoms with E-state index in [9.17, 15) is 9.18 Å². The number of nitrogens with one attached hydrogen (secondary N) is 1. The highest BCUT2D eigenvalue weighted by Crippen LogP contribution is 2.24. The van der Waals surface area contributed by atoms with Crippen LogP contribution in [0.3, 0.4) is 0 Å².